The summed E-state index contributed by atoms with van der Waals surface area (Å²) >= 11 is 0. The minimum atomic E-state index is -4.97. The van der Waals surface area contributed by atoms with Gasteiger partial charge in [-0.15, -0.1) is 0 Å². The number of hydrogen-bond acceptors (Lipinski definition) is 22. The molecule has 83 heavy (non-hydrogen) atoms. The van der Waals surface area contributed by atoms with Crippen LogP contribution >= 0.6 is 7.82 Å². The van der Waals surface area contributed by atoms with Gasteiger partial charge in [0.05, 0.1) is 38.8 Å². The number of imidazole rings is 3. The van der Waals surface area contributed by atoms with Crippen molar-refractivity contribution in [2.24, 2.45) is 0 Å². The number of aromatic nitrogens is 12. The average Bonchev–Trinajstić information content (AvgIpc) is 4.56. The Morgan fingerprint density at radius 3 is 1.00 bits per heavy atom. The van der Waals surface area contributed by atoms with Gasteiger partial charge in [0.1, 0.15) is 108 Å². The molecule has 434 valence electrons. The smallest absolute Gasteiger partial charge is 0.387 e. The van der Waals surface area contributed by atoms with Crippen molar-refractivity contribution < 1.29 is 63.0 Å². The Morgan fingerprint density at radius 1 is 0.434 bits per heavy atom. The molecule has 0 amide bonds. The molecular formula is C57H63N12O13P. The molecule has 26 heteroatoms. The van der Waals surface area contributed by atoms with Gasteiger partial charge in [-0.3, -0.25) is 27.3 Å². The summed E-state index contributed by atoms with van der Waals surface area (Å²) < 4.78 is 55.8. The van der Waals surface area contributed by atoms with Crippen molar-refractivity contribution in [3.8, 4) is 33.8 Å². The van der Waals surface area contributed by atoms with Crippen LogP contribution in [0, 0.1) is 0 Å². The fourth-order valence-corrected chi connectivity index (χ4v) is 12.0. The lowest BCUT2D eigenvalue weighted by Gasteiger charge is -2.24. The van der Waals surface area contributed by atoms with Gasteiger partial charge >= 0.3 is 7.82 Å². The van der Waals surface area contributed by atoms with E-state index in [-0.39, 0.29) is 17.8 Å². The number of nitrogens with zero attached hydrogens (tertiary/aromatic N) is 12. The van der Waals surface area contributed by atoms with Crippen molar-refractivity contribution in [3.63, 3.8) is 0 Å². The second-order valence-corrected chi connectivity index (χ2v) is 23.6. The minimum absolute atomic E-state index is 0.251. The summed E-state index contributed by atoms with van der Waals surface area (Å²) in [5.74, 6) is 0.752. The number of ether oxygens (including phenoxy) is 3. The highest BCUT2D eigenvalue weighted by Crippen LogP contribution is 2.52. The second-order valence-electron chi connectivity index (χ2n) is 22.0. The molecule has 9 aromatic rings. The van der Waals surface area contributed by atoms with E-state index in [1.165, 1.54) is 51.7 Å². The maximum atomic E-state index is 15.1. The number of aliphatic hydroxyl groups excluding tert-OH is 6. The van der Waals surface area contributed by atoms with Crippen LogP contribution in [-0.2, 0) is 32.3 Å². The van der Waals surface area contributed by atoms with Crippen LogP contribution in [-0.4, -0.2) is 164 Å². The molecular weight excluding hydrogens is 1090 g/mol. The van der Waals surface area contributed by atoms with Crippen molar-refractivity contribution in [2.75, 3.05) is 19.8 Å². The van der Waals surface area contributed by atoms with Crippen LogP contribution < -0.4 is 0 Å². The summed E-state index contributed by atoms with van der Waals surface area (Å²) in [6.45, 7) is 10.4. The van der Waals surface area contributed by atoms with Gasteiger partial charge in [0, 0.05) is 16.7 Å². The number of rotatable bonds is 18. The van der Waals surface area contributed by atoms with E-state index in [4.69, 9.17) is 27.8 Å². The van der Waals surface area contributed by atoms with Crippen LogP contribution in [0.3, 0.4) is 0 Å². The Labute approximate surface area is 475 Å². The van der Waals surface area contributed by atoms with Crippen molar-refractivity contribution in [2.45, 2.75) is 133 Å². The minimum Gasteiger partial charge on any atom is -0.387 e. The molecule has 0 bridgehead atoms. The topological polar surface area (TPSA) is 325 Å². The summed E-state index contributed by atoms with van der Waals surface area (Å²) in [7, 11) is -4.97. The van der Waals surface area contributed by atoms with Crippen LogP contribution in [0.5, 0.6) is 0 Å². The molecule has 3 fully saturated rings. The van der Waals surface area contributed by atoms with Gasteiger partial charge in [0.25, 0.3) is 0 Å². The average molecular weight is 1160 g/mol. The molecule has 3 aliphatic heterocycles. The van der Waals surface area contributed by atoms with Gasteiger partial charge in [0.2, 0.25) is 0 Å². The van der Waals surface area contributed by atoms with Gasteiger partial charge in [0.15, 0.2) is 35.6 Å². The first-order valence-corrected chi connectivity index (χ1v) is 28.8. The number of aliphatic hydroxyl groups is 6. The Balaban J connectivity index is 0.789. The van der Waals surface area contributed by atoms with Gasteiger partial charge in [-0.1, -0.05) is 96.1 Å². The van der Waals surface area contributed by atoms with Crippen LogP contribution in [0.15, 0.2) is 111 Å². The number of phosphoric acid groups is 1. The van der Waals surface area contributed by atoms with Gasteiger partial charge < -0.3 is 44.8 Å². The Bertz CT molecular complexity index is 3470. The van der Waals surface area contributed by atoms with E-state index in [0.717, 1.165) is 33.4 Å². The molecule has 0 aliphatic carbocycles. The summed E-state index contributed by atoms with van der Waals surface area (Å²) in [6.07, 6.45) is -9.26. The van der Waals surface area contributed by atoms with E-state index in [2.05, 4.69) is 86.4 Å². The van der Waals surface area contributed by atoms with Crippen LogP contribution in [0.25, 0.3) is 67.3 Å². The molecule has 12 rings (SSSR count). The van der Waals surface area contributed by atoms with Crippen LogP contribution in [0.2, 0.25) is 0 Å². The highest BCUT2D eigenvalue weighted by Gasteiger charge is 2.50. The SMILES string of the molecule is CC(C)c1cccc(-c2ncnc3c2ncn3[C@@H]2O[C@H](COP(=O)(OC[C@H]3O[C@@H](n4cnc5c(-c6cccc(C(C)C)c6)ncnc54)[C@H](O)[C@@H]3O)OC[C@H]3O[C@@H](n4cnc5c(-c6cccc(C(C)C)c6)ncnc54)[C@H](O)[C@@H]3O)[C@@H](O)[C@H]2O)c1. The van der Waals surface area contributed by atoms with Gasteiger partial charge in [-0.2, -0.15) is 0 Å². The highest BCUT2D eigenvalue weighted by molar-refractivity contribution is 7.48. The van der Waals surface area contributed by atoms with E-state index in [1.54, 1.807) is 0 Å². The molecule has 12 atom stereocenters. The lowest BCUT2D eigenvalue weighted by Crippen LogP contribution is -2.35. The summed E-state index contributed by atoms with van der Waals surface area (Å²) in [5.41, 5.74) is 9.44. The predicted molar refractivity (Wildman–Crippen MR) is 298 cm³/mol. The molecule has 0 radical (unpaired) electrons. The molecule has 0 unspecified atom stereocenters. The summed E-state index contributed by atoms with van der Waals surface area (Å²) in [6, 6.07) is 23.7. The second kappa shape index (κ2) is 22.9. The third kappa shape index (κ3) is 10.6. The van der Waals surface area contributed by atoms with Crippen molar-refractivity contribution in [3.05, 3.63) is 127 Å². The maximum Gasteiger partial charge on any atom is 0.475 e. The molecule has 25 nitrogen and oxygen atoms in total. The maximum absolute atomic E-state index is 15.1. The molecule has 0 saturated carbocycles. The molecule has 3 aromatic carbocycles. The first kappa shape index (κ1) is 56.5. The highest BCUT2D eigenvalue weighted by atomic mass is 31.2. The van der Waals surface area contributed by atoms with Crippen LogP contribution in [0.4, 0.5) is 0 Å². The normalized spacial score (nSPS) is 25.9. The standard InChI is InChI=1S/C57H63N12O13P/c1-28(2)31-10-7-13-34(16-31)40-43-52(61-22-58-40)67(25-64-43)55-49(73)46(70)37(80-55)19-77-83(76,78-20-38-47(71)50(74)56(81-38)68-26-65-44-41(59-23-62-53(44)68)35-14-8-11-32(17-35)29(3)4)79-21-39-48(72)51(75)57(82-39)69-27-66-45-42(60-24-63-54(45)69)36-15-9-12-33(18-36)30(5)6/h7-18,22-30,37-39,46-51,55-57,70-75H,19-21H2,1-6H3/t37-,38-,39-,46-,47-,48-,49-,50-,51-,55-,56-,57-/m1/s1. The predicted octanol–water partition coefficient (Wildman–Crippen LogP) is 5.89. The third-order valence-corrected chi connectivity index (χ3v) is 17.0. The molecule has 6 aromatic heterocycles. The lowest BCUT2D eigenvalue weighted by molar-refractivity contribution is -0.0723. The van der Waals surface area contributed by atoms with E-state index in [0.29, 0.717) is 50.6 Å². The number of hydrogen-bond donors (Lipinski definition) is 6. The fourth-order valence-electron chi connectivity index (χ4n) is 10.8. The molecule has 3 aliphatic rings. The first-order chi connectivity index (χ1) is 40.0. The quantitative estimate of drug-likeness (QED) is 0.0545. The zero-order valence-electron chi connectivity index (χ0n) is 46.0. The van der Waals surface area contributed by atoms with E-state index >= 15 is 4.57 Å². The van der Waals surface area contributed by atoms with E-state index < -0.39 is 101 Å². The van der Waals surface area contributed by atoms with Crippen LogP contribution in [0.1, 0.15) is 94.7 Å². The fraction of sp³-hybridized carbons (Fsp3) is 0.421. The molecule has 6 N–H and O–H groups in total. The van der Waals surface area contributed by atoms with Crippen molar-refractivity contribution in [1.29, 1.82) is 0 Å². The van der Waals surface area contributed by atoms with Crippen molar-refractivity contribution >= 4 is 41.3 Å². The molecule has 9 heterocycles. The van der Waals surface area contributed by atoms with Gasteiger partial charge in [-0.05, 0) is 52.6 Å². The summed E-state index contributed by atoms with van der Waals surface area (Å²) in [5, 5.41) is 68.9. The number of benzene rings is 3. The monoisotopic (exact) mass is 1150 g/mol. The van der Waals surface area contributed by atoms with Gasteiger partial charge in [-0.25, -0.2) is 49.4 Å². The zero-order chi connectivity index (χ0) is 58.0. The molecule has 3 saturated heterocycles. The van der Waals surface area contributed by atoms with E-state index in [1.807, 2.05) is 72.8 Å². The molecule has 0 spiro atoms. The summed E-state index contributed by atoms with van der Waals surface area (Å²) in [4.78, 5) is 40.6. The van der Waals surface area contributed by atoms with E-state index in [9.17, 15) is 30.6 Å². The number of fused-ring (bicyclic) bond motifs is 3. The number of phosphoric ester groups is 1. The third-order valence-electron chi connectivity index (χ3n) is 15.6. The Hall–Kier alpha value is -6.94. The van der Waals surface area contributed by atoms with Crippen molar-refractivity contribution in [1.82, 2.24) is 58.6 Å². The largest absolute Gasteiger partial charge is 0.475 e. The Kier molecular flexibility index (Phi) is 15.6. The Morgan fingerprint density at radius 2 is 0.723 bits per heavy atom. The zero-order valence-corrected chi connectivity index (χ0v) is 46.9. The first-order valence-electron chi connectivity index (χ1n) is 27.4. The lowest BCUT2D eigenvalue weighted by atomic mass is 9.99.